The summed E-state index contributed by atoms with van der Waals surface area (Å²) in [7, 11) is 6.15. The summed E-state index contributed by atoms with van der Waals surface area (Å²) < 4.78 is 1.80. The number of fused-ring (bicyclic) bond motifs is 1. The van der Waals surface area contributed by atoms with Crippen molar-refractivity contribution in [3.8, 4) is 11.4 Å². The molecule has 2 aromatic heterocycles. The van der Waals surface area contributed by atoms with Crippen molar-refractivity contribution in [2.24, 2.45) is 0 Å². The molecule has 4 rings (SSSR count). The third kappa shape index (κ3) is 3.46. The van der Waals surface area contributed by atoms with E-state index in [4.69, 9.17) is 5.10 Å². The fraction of sp³-hybridized carbons (Fsp3) is 0.190. The van der Waals surface area contributed by atoms with Crippen molar-refractivity contribution in [1.29, 1.82) is 0 Å². The number of aromatic nitrogens is 4. The Bertz CT molecular complexity index is 1050. The predicted molar refractivity (Wildman–Crippen MR) is 109 cm³/mol. The highest BCUT2D eigenvalue weighted by Crippen LogP contribution is 2.20. The molecule has 0 fully saturated rings. The highest BCUT2D eigenvalue weighted by Gasteiger charge is 2.12. The largest absolute Gasteiger partial charge is 0.378 e. The van der Waals surface area contributed by atoms with Crippen LogP contribution in [0.1, 0.15) is 5.56 Å². The van der Waals surface area contributed by atoms with Gasteiger partial charge in [0.25, 0.3) is 0 Å². The SMILES string of the molecule is CN(C)c1cccc(CN(C)c2ccc3nnc(-c4ccccc4)n3n2)c1. The van der Waals surface area contributed by atoms with Gasteiger partial charge >= 0.3 is 0 Å². The summed E-state index contributed by atoms with van der Waals surface area (Å²) in [6, 6.07) is 22.5. The summed E-state index contributed by atoms with van der Waals surface area (Å²) in [5, 5.41) is 13.3. The van der Waals surface area contributed by atoms with Crippen molar-refractivity contribution >= 4 is 17.2 Å². The van der Waals surface area contributed by atoms with Crippen molar-refractivity contribution in [1.82, 2.24) is 19.8 Å². The topological polar surface area (TPSA) is 49.6 Å². The second-order valence-corrected chi connectivity index (χ2v) is 6.77. The smallest absolute Gasteiger partial charge is 0.185 e. The van der Waals surface area contributed by atoms with Crippen molar-refractivity contribution in [2.45, 2.75) is 6.54 Å². The quantitative estimate of drug-likeness (QED) is 0.547. The van der Waals surface area contributed by atoms with Gasteiger partial charge in [-0.2, -0.15) is 4.52 Å². The minimum atomic E-state index is 0.737. The van der Waals surface area contributed by atoms with E-state index in [1.807, 2.05) is 49.5 Å². The lowest BCUT2D eigenvalue weighted by Gasteiger charge is -2.20. The van der Waals surface area contributed by atoms with E-state index in [1.165, 1.54) is 11.3 Å². The van der Waals surface area contributed by atoms with Crippen molar-refractivity contribution in [3.05, 3.63) is 72.3 Å². The summed E-state index contributed by atoms with van der Waals surface area (Å²) in [6.07, 6.45) is 0. The van der Waals surface area contributed by atoms with Gasteiger partial charge in [-0.15, -0.1) is 15.3 Å². The molecule has 0 saturated heterocycles. The summed E-state index contributed by atoms with van der Waals surface area (Å²) in [4.78, 5) is 4.24. The normalized spacial score (nSPS) is 10.9. The van der Waals surface area contributed by atoms with E-state index in [2.05, 4.69) is 58.4 Å². The number of nitrogens with zero attached hydrogens (tertiary/aromatic N) is 6. The Morgan fingerprint density at radius 2 is 1.67 bits per heavy atom. The van der Waals surface area contributed by atoms with E-state index in [1.54, 1.807) is 4.52 Å². The molecule has 0 bridgehead atoms. The second kappa shape index (κ2) is 7.07. The Morgan fingerprint density at radius 3 is 2.44 bits per heavy atom. The molecular weight excluding hydrogens is 336 g/mol. The lowest BCUT2D eigenvalue weighted by atomic mass is 10.2. The first-order chi connectivity index (χ1) is 13.1. The number of hydrogen-bond donors (Lipinski definition) is 0. The first-order valence-corrected chi connectivity index (χ1v) is 8.87. The summed E-state index contributed by atoms with van der Waals surface area (Å²) in [5.41, 5.74) is 4.16. The second-order valence-electron chi connectivity index (χ2n) is 6.77. The van der Waals surface area contributed by atoms with Gasteiger partial charge in [-0.05, 0) is 29.8 Å². The molecule has 6 heteroatoms. The van der Waals surface area contributed by atoms with Gasteiger partial charge in [-0.25, -0.2) is 0 Å². The first-order valence-electron chi connectivity index (χ1n) is 8.87. The van der Waals surface area contributed by atoms with Crippen LogP contribution in [-0.4, -0.2) is 41.0 Å². The summed E-state index contributed by atoms with van der Waals surface area (Å²) >= 11 is 0. The highest BCUT2D eigenvalue weighted by molar-refractivity contribution is 5.59. The van der Waals surface area contributed by atoms with Gasteiger partial charge < -0.3 is 9.80 Å². The molecule has 0 unspecified atom stereocenters. The molecule has 136 valence electrons. The average molecular weight is 358 g/mol. The molecule has 0 aliphatic carbocycles. The van der Waals surface area contributed by atoms with Crippen molar-refractivity contribution in [3.63, 3.8) is 0 Å². The standard InChI is InChI=1S/C21H22N6/c1-25(2)18-11-7-8-16(14-18)15-26(3)20-13-12-19-22-23-21(27(19)24-20)17-9-5-4-6-10-17/h4-14H,15H2,1-3H3. The average Bonchev–Trinajstić information content (AvgIpc) is 3.12. The number of anilines is 2. The maximum atomic E-state index is 4.77. The molecule has 0 N–H and O–H groups in total. The van der Waals surface area contributed by atoms with E-state index >= 15 is 0 Å². The van der Waals surface area contributed by atoms with Crippen LogP contribution in [0.2, 0.25) is 0 Å². The fourth-order valence-corrected chi connectivity index (χ4v) is 3.04. The molecule has 0 spiro atoms. The van der Waals surface area contributed by atoms with Crippen LogP contribution in [0.4, 0.5) is 11.5 Å². The third-order valence-electron chi connectivity index (χ3n) is 4.52. The maximum absolute atomic E-state index is 4.77. The lowest BCUT2D eigenvalue weighted by Crippen LogP contribution is -2.19. The van der Waals surface area contributed by atoms with E-state index in [0.29, 0.717) is 0 Å². The van der Waals surface area contributed by atoms with Crippen molar-refractivity contribution < 1.29 is 0 Å². The van der Waals surface area contributed by atoms with Crippen LogP contribution in [0, 0.1) is 0 Å². The van der Waals surface area contributed by atoms with Gasteiger partial charge in [0.05, 0.1) is 0 Å². The van der Waals surface area contributed by atoms with Crippen LogP contribution in [-0.2, 0) is 6.54 Å². The van der Waals surface area contributed by atoms with Crippen LogP contribution in [0.15, 0.2) is 66.7 Å². The van der Waals surface area contributed by atoms with Gasteiger partial charge in [0.15, 0.2) is 11.5 Å². The monoisotopic (exact) mass is 358 g/mol. The fourth-order valence-electron chi connectivity index (χ4n) is 3.04. The molecule has 0 amide bonds. The Hall–Kier alpha value is -3.41. The highest BCUT2D eigenvalue weighted by atomic mass is 15.4. The zero-order valence-electron chi connectivity index (χ0n) is 15.7. The van der Waals surface area contributed by atoms with Gasteiger partial charge in [0, 0.05) is 38.9 Å². The van der Waals surface area contributed by atoms with E-state index < -0.39 is 0 Å². The van der Waals surface area contributed by atoms with Crippen LogP contribution < -0.4 is 9.80 Å². The first kappa shape index (κ1) is 17.0. The molecule has 0 radical (unpaired) electrons. The van der Waals surface area contributed by atoms with Gasteiger partial charge in [-0.3, -0.25) is 0 Å². The molecule has 0 aliphatic rings. The Kier molecular flexibility index (Phi) is 4.46. The zero-order valence-corrected chi connectivity index (χ0v) is 15.7. The molecule has 0 atom stereocenters. The number of benzene rings is 2. The molecule has 2 aromatic carbocycles. The summed E-state index contributed by atoms with van der Waals surface area (Å²) in [5.74, 6) is 1.62. The third-order valence-corrected chi connectivity index (χ3v) is 4.52. The van der Waals surface area contributed by atoms with Crippen LogP contribution >= 0.6 is 0 Å². The molecule has 0 saturated carbocycles. The van der Waals surface area contributed by atoms with Crippen LogP contribution in [0.25, 0.3) is 17.0 Å². The number of rotatable bonds is 5. The Morgan fingerprint density at radius 1 is 0.852 bits per heavy atom. The Balaban J connectivity index is 1.64. The van der Waals surface area contributed by atoms with E-state index in [0.717, 1.165) is 29.4 Å². The zero-order chi connectivity index (χ0) is 18.8. The Labute approximate surface area is 158 Å². The van der Waals surface area contributed by atoms with Crippen LogP contribution in [0.3, 0.4) is 0 Å². The van der Waals surface area contributed by atoms with Crippen LogP contribution in [0.5, 0.6) is 0 Å². The minimum Gasteiger partial charge on any atom is -0.378 e. The minimum absolute atomic E-state index is 0.737. The van der Waals surface area contributed by atoms with Gasteiger partial charge in [-0.1, -0.05) is 42.5 Å². The van der Waals surface area contributed by atoms with E-state index in [-0.39, 0.29) is 0 Å². The lowest BCUT2D eigenvalue weighted by molar-refractivity contribution is 0.842. The molecule has 6 nitrogen and oxygen atoms in total. The van der Waals surface area contributed by atoms with Crippen molar-refractivity contribution in [2.75, 3.05) is 30.9 Å². The maximum Gasteiger partial charge on any atom is 0.185 e. The van der Waals surface area contributed by atoms with E-state index in [9.17, 15) is 0 Å². The predicted octanol–water partition coefficient (Wildman–Crippen LogP) is 3.49. The molecule has 27 heavy (non-hydrogen) atoms. The van der Waals surface area contributed by atoms with Gasteiger partial charge in [0.2, 0.25) is 0 Å². The molecular formula is C21H22N6. The summed E-state index contributed by atoms with van der Waals surface area (Å²) in [6.45, 7) is 0.767. The molecule has 0 aliphatic heterocycles. The molecule has 4 aromatic rings. The molecule has 2 heterocycles. The number of hydrogen-bond acceptors (Lipinski definition) is 5. The van der Waals surface area contributed by atoms with Gasteiger partial charge in [0.1, 0.15) is 5.82 Å².